The molecule has 0 bridgehead atoms. The summed E-state index contributed by atoms with van der Waals surface area (Å²) in [4.78, 5) is 31.3. The second kappa shape index (κ2) is 8.18. The Kier molecular flexibility index (Phi) is 5.34. The van der Waals surface area contributed by atoms with Gasteiger partial charge in [0.25, 0.3) is 15.9 Å². The van der Waals surface area contributed by atoms with Gasteiger partial charge in [-0.1, -0.05) is 12.1 Å². The van der Waals surface area contributed by atoms with Crippen LogP contribution in [0.4, 0.5) is 0 Å². The molecule has 0 unspecified atom stereocenters. The average molecular weight is 457 g/mol. The number of carbonyl (C=O) groups excluding carboxylic acids is 1. The lowest BCUT2D eigenvalue weighted by Crippen LogP contribution is -2.37. The largest absolute Gasteiger partial charge is 0.421 e. The summed E-state index contributed by atoms with van der Waals surface area (Å²) in [6.45, 7) is 2.70. The highest BCUT2D eigenvalue weighted by atomic mass is 32.2. The molecule has 0 aliphatic carbocycles. The third kappa shape index (κ3) is 3.53. The zero-order valence-electron chi connectivity index (χ0n) is 17.5. The molecule has 2 aliphatic rings. The number of amides is 1. The van der Waals surface area contributed by atoms with Gasteiger partial charge in [0.15, 0.2) is 0 Å². The molecule has 1 amide bonds. The standard InChI is InChI=1S/C22H24N4O5S/c27-21-17-6-1-2-8-19(17)32(29,30)25(21)13-4-3-12-24-14-9-16(10-15-24)26-18-7-5-11-23-20(18)31-22(26)28/h1-2,5-8,11,16H,3-4,9-10,12-15H2. The number of carbonyl (C=O) groups is 1. The van der Waals surface area contributed by atoms with Gasteiger partial charge < -0.3 is 9.32 Å². The molecule has 0 N–H and O–H groups in total. The number of benzene rings is 1. The van der Waals surface area contributed by atoms with Crippen LogP contribution >= 0.6 is 0 Å². The molecule has 1 fully saturated rings. The van der Waals surface area contributed by atoms with Crippen LogP contribution in [0.2, 0.25) is 0 Å². The molecular weight excluding hydrogens is 432 g/mol. The summed E-state index contributed by atoms with van der Waals surface area (Å²) in [6, 6.07) is 10.1. The number of nitrogens with zero attached hydrogens (tertiary/aromatic N) is 4. The van der Waals surface area contributed by atoms with Crippen LogP contribution in [0.3, 0.4) is 0 Å². The molecule has 0 radical (unpaired) electrons. The minimum atomic E-state index is -3.73. The highest BCUT2D eigenvalue weighted by Crippen LogP contribution is 2.30. The third-order valence-corrected chi connectivity index (χ3v) is 8.15. The summed E-state index contributed by atoms with van der Waals surface area (Å²) in [5.41, 5.74) is 1.36. The number of oxazole rings is 1. The molecule has 0 atom stereocenters. The van der Waals surface area contributed by atoms with Crippen molar-refractivity contribution in [2.75, 3.05) is 26.2 Å². The van der Waals surface area contributed by atoms with Gasteiger partial charge in [-0.05, 0) is 56.5 Å². The van der Waals surface area contributed by atoms with Gasteiger partial charge in [0.05, 0.1) is 5.56 Å². The number of unbranched alkanes of at least 4 members (excludes halogenated alkanes) is 1. The van der Waals surface area contributed by atoms with Crippen molar-refractivity contribution < 1.29 is 17.6 Å². The first-order valence-electron chi connectivity index (χ1n) is 10.8. The van der Waals surface area contributed by atoms with Gasteiger partial charge in [-0.3, -0.25) is 9.36 Å². The smallest absolute Gasteiger partial charge is 0.389 e. The number of fused-ring (bicyclic) bond motifs is 2. The second-order valence-electron chi connectivity index (χ2n) is 8.22. The topological polar surface area (TPSA) is 106 Å². The first kappa shape index (κ1) is 20.9. The van der Waals surface area contributed by atoms with E-state index in [1.54, 1.807) is 35.0 Å². The molecule has 0 saturated carbocycles. The lowest BCUT2D eigenvalue weighted by Gasteiger charge is -2.32. The Hall–Kier alpha value is -2.98. The summed E-state index contributed by atoms with van der Waals surface area (Å²) in [7, 11) is -3.73. The molecule has 9 nitrogen and oxygen atoms in total. The third-order valence-electron chi connectivity index (χ3n) is 6.31. The van der Waals surface area contributed by atoms with E-state index in [9.17, 15) is 18.0 Å². The predicted molar refractivity (Wildman–Crippen MR) is 117 cm³/mol. The number of sulfonamides is 1. The fraction of sp³-hybridized carbons (Fsp3) is 0.409. The summed E-state index contributed by atoms with van der Waals surface area (Å²) in [5.74, 6) is -0.802. The lowest BCUT2D eigenvalue weighted by molar-refractivity contribution is 0.0868. The molecule has 1 aromatic carbocycles. The first-order chi connectivity index (χ1) is 15.5. The van der Waals surface area contributed by atoms with Crippen molar-refractivity contribution in [1.29, 1.82) is 0 Å². The minimum Gasteiger partial charge on any atom is -0.389 e. The second-order valence-corrected chi connectivity index (χ2v) is 10.1. The molecule has 5 rings (SSSR count). The molecule has 168 valence electrons. The average Bonchev–Trinajstić information content (AvgIpc) is 3.23. The van der Waals surface area contributed by atoms with E-state index >= 15 is 0 Å². The fourth-order valence-corrected chi connectivity index (χ4v) is 6.27. The molecular formula is C22H24N4O5S. The van der Waals surface area contributed by atoms with E-state index in [0.717, 1.165) is 48.7 Å². The molecule has 4 heterocycles. The number of piperidine rings is 1. The van der Waals surface area contributed by atoms with Crippen molar-refractivity contribution in [2.45, 2.75) is 36.6 Å². The zero-order valence-corrected chi connectivity index (χ0v) is 18.3. The van der Waals surface area contributed by atoms with Crippen LogP contribution in [0.5, 0.6) is 0 Å². The Bertz CT molecular complexity index is 1320. The lowest BCUT2D eigenvalue weighted by atomic mass is 10.0. The van der Waals surface area contributed by atoms with Gasteiger partial charge in [0.2, 0.25) is 5.71 Å². The fourth-order valence-electron chi connectivity index (χ4n) is 4.66. The van der Waals surface area contributed by atoms with Crippen molar-refractivity contribution in [2.24, 2.45) is 0 Å². The Morgan fingerprint density at radius 1 is 1.00 bits per heavy atom. The van der Waals surface area contributed by atoms with E-state index in [1.807, 2.05) is 6.07 Å². The molecule has 32 heavy (non-hydrogen) atoms. The van der Waals surface area contributed by atoms with Crippen molar-refractivity contribution >= 4 is 27.2 Å². The monoisotopic (exact) mass is 456 g/mol. The summed E-state index contributed by atoms with van der Waals surface area (Å²) in [6.07, 6.45) is 4.67. The van der Waals surface area contributed by atoms with Gasteiger partial charge in [-0.2, -0.15) is 0 Å². The molecule has 0 spiro atoms. The number of hydrogen-bond acceptors (Lipinski definition) is 7. The quantitative estimate of drug-likeness (QED) is 0.524. The van der Waals surface area contributed by atoms with Crippen LogP contribution in [0.1, 0.15) is 42.1 Å². The Balaban J connectivity index is 1.13. The number of rotatable bonds is 6. The van der Waals surface area contributed by atoms with Crippen molar-refractivity contribution in [3.8, 4) is 0 Å². The van der Waals surface area contributed by atoms with Gasteiger partial charge in [0, 0.05) is 31.9 Å². The van der Waals surface area contributed by atoms with E-state index in [0.29, 0.717) is 12.1 Å². The summed E-state index contributed by atoms with van der Waals surface area (Å²) >= 11 is 0. The van der Waals surface area contributed by atoms with Crippen LogP contribution in [0.25, 0.3) is 11.2 Å². The van der Waals surface area contributed by atoms with Crippen LogP contribution in [0, 0.1) is 0 Å². The van der Waals surface area contributed by atoms with Gasteiger partial charge >= 0.3 is 5.76 Å². The number of aromatic nitrogens is 2. The highest BCUT2D eigenvalue weighted by Gasteiger charge is 2.40. The van der Waals surface area contributed by atoms with Crippen molar-refractivity contribution in [3.63, 3.8) is 0 Å². The highest BCUT2D eigenvalue weighted by molar-refractivity contribution is 7.90. The normalized spacial score (nSPS) is 19.0. The van der Waals surface area contributed by atoms with E-state index < -0.39 is 15.9 Å². The zero-order chi connectivity index (χ0) is 22.3. The van der Waals surface area contributed by atoms with Gasteiger partial charge in [-0.25, -0.2) is 22.5 Å². The minimum absolute atomic E-state index is 0.0788. The maximum atomic E-state index is 12.6. The Morgan fingerprint density at radius 2 is 1.75 bits per heavy atom. The van der Waals surface area contributed by atoms with Crippen LogP contribution in [0.15, 0.2) is 56.7 Å². The summed E-state index contributed by atoms with van der Waals surface area (Å²) < 4.78 is 33.2. The van der Waals surface area contributed by atoms with Crippen molar-refractivity contribution in [1.82, 2.24) is 18.8 Å². The number of hydrogen-bond donors (Lipinski definition) is 0. The van der Waals surface area contributed by atoms with E-state index in [4.69, 9.17) is 4.42 Å². The Morgan fingerprint density at radius 3 is 2.53 bits per heavy atom. The van der Waals surface area contributed by atoms with Crippen LogP contribution in [-0.2, 0) is 10.0 Å². The summed E-state index contributed by atoms with van der Waals surface area (Å²) in [5, 5.41) is 0. The molecule has 3 aromatic rings. The maximum Gasteiger partial charge on any atom is 0.421 e. The molecule has 2 aromatic heterocycles. The predicted octanol–water partition coefficient (Wildman–Crippen LogP) is 2.25. The SMILES string of the molecule is O=C1c2ccccc2S(=O)(=O)N1CCCCN1CCC(n2c(=O)oc3ncccc32)CC1. The van der Waals surface area contributed by atoms with E-state index in [2.05, 4.69) is 9.88 Å². The number of pyridine rings is 1. The Labute approximate surface area is 185 Å². The molecule has 10 heteroatoms. The molecule has 2 aliphatic heterocycles. The van der Waals surface area contributed by atoms with Crippen LogP contribution in [-0.4, -0.2) is 59.3 Å². The van der Waals surface area contributed by atoms with E-state index in [-0.39, 0.29) is 28.8 Å². The first-order valence-corrected chi connectivity index (χ1v) is 12.3. The molecule has 1 saturated heterocycles. The van der Waals surface area contributed by atoms with Gasteiger partial charge in [-0.15, -0.1) is 0 Å². The number of likely N-dealkylation sites (tertiary alicyclic amines) is 1. The van der Waals surface area contributed by atoms with Crippen LogP contribution < -0.4 is 5.76 Å². The van der Waals surface area contributed by atoms with E-state index in [1.165, 1.54) is 6.07 Å². The maximum absolute atomic E-state index is 12.6. The van der Waals surface area contributed by atoms with Gasteiger partial charge in [0.1, 0.15) is 10.4 Å². The van der Waals surface area contributed by atoms with Crippen molar-refractivity contribution in [3.05, 3.63) is 58.7 Å².